The topological polar surface area (TPSA) is 100 Å². The zero-order valence-corrected chi connectivity index (χ0v) is 23.0. The Morgan fingerprint density at radius 1 is 0.976 bits per heavy atom. The standard InChI is InChI=1S/C25H27ClF6N2O6S/c26-17-1-2-20-21(9-17)40-19(12-37-20)11-34-5-3-15(4-6-34)7-16-8-18(38-13-24(27,28)29)10-22(41(33,35)36)23(16)39-14-25(30,31)32/h1-2,8-10,15,19H,3-7,11-14H2,(H2,33,35,36). The Bertz CT molecular complexity index is 1330. The molecule has 0 saturated carbocycles. The van der Waals surface area contributed by atoms with Gasteiger partial charge in [-0.1, -0.05) is 11.6 Å². The summed E-state index contributed by atoms with van der Waals surface area (Å²) >= 11 is 6.03. The number of benzene rings is 2. The highest BCUT2D eigenvalue weighted by molar-refractivity contribution is 7.89. The summed E-state index contributed by atoms with van der Waals surface area (Å²) < 4.78 is 123. The van der Waals surface area contributed by atoms with Crippen LogP contribution >= 0.6 is 11.6 Å². The molecule has 2 aliphatic heterocycles. The van der Waals surface area contributed by atoms with Gasteiger partial charge in [0, 0.05) is 23.7 Å². The van der Waals surface area contributed by atoms with Gasteiger partial charge in [0.25, 0.3) is 0 Å². The second kappa shape index (κ2) is 12.3. The molecule has 2 N–H and O–H groups in total. The molecule has 1 saturated heterocycles. The molecule has 0 amide bonds. The highest BCUT2D eigenvalue weighted by Crippen LogP contribution is 2.38. The molecule has 0 bridgehead atoms. The molecule has 16 heteroatoms. The fourth-order valence-corrected chi connectivity index (χ4v) is 5.60. The Morgan fingerprint density at radius 2 is 1.63 bits per heavy atom. The van der Waals surface area contributed by atoms with E-state index in [1.807, 2.05) is 0 Å². The molecule has 2 aromatic carbocycles. The van der Waals surface area contributed by atoms with Gasteiger partial charge in [-0.15, -0.1) is 0 Å². The molecule has 1 atom stereocenters. The number of nitrogens with zero attached hydrogens (tertiary/aromatic N) is 1. The quantitative estimate of drug-likeness (QED) is 0.390. The van der Waals surface area contributed by atoms with Crippen molar-refractivity contribution in [2.45, 2.75) is 42.6 Å². The minimum Gasteiger partial charge on any atom is -0.486 e. The van der Waals surface area contributed by atoms with Crippen LogP contribution in [0.15, 0.2) is 35.2 Å². The lowest BCUT2D eigenvalue weighted by Gasteiger charge is -2.36. The lowest BCUT2D eigenvalue weighted by molar-refractivity contribution is -0.155. The number of rotatable bonds is 9. The van der Waals surface area contributed by atoms with Crippen LogP contribution < -0.4 is 24.1 Å². The van der Waals surface area contributed by atoms with Crippen LogP contribution in [0.1, 0.15) is 18.4 Å². The third-order valence-electron chi connectivity index (χ3n) is 6.50. The molecule has 0 aromatic heterocycles. The summed E-state index contributed by atoms with van der Waals surface area (Å²) in [7, 11) is -4.69. The van der Waals surface area contributed by atoms with Gasteiger partial charge in [0.2, 0.25) is 10.0 Å². The first-order valence-corrected chi connectivity index (χ1v) is 14.4. The van der Waals surface area contributed by atoms with Gasteiger partial charge in [-0.3, -0.25) is 4.90 Å². The zero-order chi connectivity index (χ0) is 30.0. The highest BCUT2D eigenvalue weighted by atomic mass is 35.5. The summed E-state index contributed by atoms with van der Waals surface area (Å²) in [6.07, 6.45) is -8.65. The SMILES string of the molecule is NS(=O)(=O)c1cc(OCC(F)(F)F)cc(CC2CCN(CC3COc4ccc(Cl)cc4O3)CC2)c1OCC(F)(F)F. The van der Waals surface area contributed by atoms with Gasteiger partial charge in [-0.25, -0.2) is 13.6 Å². The van der Waals surface area contributed by atoms with Gasteiger partial charge in [0.1, 0.15) is 29.1 Å². The van der Waals surface area contributed by atoms with Gasteiger partial charge in [0.15, 0.2) is 24.7 Å². The first kappa shape index (κ1) is 31.3. The number of piperidine rings is 1. The van der Waals surface area contributed by atoms with Crippen molar-refractivity contribution in [1.29, 1.82) is 0 Å². The predicted molar refractivity (Wildman–Crippen MR) is 135 cm³/mol. The van der Waals surface area contributed by atoms with Crippen LogP contribution in [0.25, 0.3) is 0 Å². The van der Waals surface area contributed by atoms with Crippen molar-refractivity contribution in [2.75, 3.05) is 39.5 Å². The fourth-order valence-electron chi connectivity index (χ4n) is 4.71. The van der Waals surface area contributed by atoms with Crippen LogP contribution in [0.2, 0.25) is 5.02 Å². The Balaban J connectivity index is 1.47. The molecule has 0 radical (unpaired) electrons. The minimum absolute atomic E-state index is 0.0294. The zero-order valence-electron chi connectivity index (χ0n) is 21.4. The van der Waals surface area contributed by atoms with Crippen molar-refractivity contribution in [1.82, 2.24) is 4.90 Å². The Hall–Kier alpha value is -2.62. The lowest BCUT2D eigenvalue weighted by Crippen LogP contribution is -2.44. The molecule has 0 spiro atoms. The number of halogens is 7. The Kier molecular flexibility index (Phi) is 9.41. The minimum atomic E-state index is -4.81. The first-order chi connectivity index (χ1) is 19.1. The van der Waals surface area contributed by atoms with E-state index in [2.05, 4.69) is 4.90 Å². The predicted octanol–water partition coefficient (Wildman–Crippen LogP) is 4.96. The maximum Gasteiger partial charge on any atom is 0.422 e. The second-order valence-corrected chi connectivity index (χ2v) is 11.8. The average molecular weight is 633 g/mol. The number of likely N-dealkylation sites (tertiary alicyclic amines) is 1. The molecule has 228 valence electrons. The van der Waals surface area contributed by atoms with Crippen molar-refractivity contribution in [2.24, 2.45) is 11.1 Å². The molecule has 8 nitrogen and oxygen atoms in total. The number of primary sulfonamides is 1. The fraction of sp³-hybridized carbons (Fsp3) is 0.520. The molecule has 1 fully saturated rings. The third kappa shape index (κ3) is 9.18. The number of sulfonamides is 1. The van der Waals surface area contributed by atoms with Gasteiger partial charge in [-0.2, -0.15) is 26.3 Å². The monoisotopic (exact) mass is 632 g/mol. The molecule has 2 aliphatic rings. The van der Waals surface area contributed by atoms with E-state index in [1.54, 1.807) is 18.2 Å². The summed E-state index contributed by atoms with van der Waals surface area (Å²) in [6.45, 7) is -1.52. The maximum absolute atomic E-state index is 12.9. The second-order valence-electron chi connectivity index (χ2n) is 9.85. The molecular weight excluding hydrogens is 606 g/mol. The largest absolute Gasteiger partial charge is 0.486 e. The normalized spacial score (nSPS) is 18.8. The summed E-state index contributed by atoms with van der Waals surface area (Å²) in [5.41, 5.74) is -0.0473. The van der Waals surface area contributed by atoms with E-state index in [0.717, 1.165) is 6.07 Å². The summed E-state index contributed by atoms with van der Waals surface area (Å²) in [4.78, 5) is 1.24. The van der Waals surface area contributed by atoms with Crippen molar-refractivity contribution >= 4 is 21.6 Å². The van der Waals surface area contributed by atoms with Crippen molar-refractivity contribution in [3.8, 4) is 23.0 Å². The molecule has 0 aliphatic carbocycles. The van der Waals surface area contributed by atoms with Crippen LogP contribution in [0.4, 0.5) is 26.3 Å². The summed E-state index contributed by atoms with van der Waals surface area (Å²) in [6, 6.07) is 6.77. The molecule has 41 heavy (non-hydrogen) atoms. The first-order valence-electron chi connectivity index (χ1n) is 12.5. The number of hydrogen-bond donors (Lipinski definition) is 1. The maximum atomic E-state index is 12.9. The number of alkyl halides is 6. The van der Waals surface area contributed by atoms with Crippen LogP contribution in [0.5, 0.6) is 23.0 Å². The van der Waals surface area contributed by atoms with E-state index in [-0.39, 0.29) is 24.0 Å². The van der Waals surface area contributed by atoms with Crippen LogP contribution in [-0.4, -0.2) is 71.2 Å². The third-order valence-corrected chi connectivity index (χ3v) is 7.65. The van der Waals surface area contributed by atoms with Crippen LogP contribution in [0, 0.1) is 5.92 Å². The number of fused-ring (bicyclic) bond motifs is 1. The van der Waals surface area contributed by atoms with Crippen LogP contribution in [-0.2, 0) is 16.4 Å². The van der Waals surface area contributed by atoms with E-state index in [4.69, 9.17) is 35.7 Å². The van der Waals surface area contributed by atoms with E-state index in [9.17, 15) is 34.8 Å². The van der Waals surface area contributed by atoms with E-state index >= 15 is 0 Å². The van der Waals surface area contributed by atoms with Crippen molar-refractivity contribution in [3.63, 3.8) is 0 Å². The molecule has 2 aromatic rings. The molecule has 2 heterocycles. The molecular formula is C25H27ClF6N2O6S. The van der Waals surface area contributed by atoms with Gasteiger partial charge < -0.3 is 18.9 Å². The van der Waals surface area contributed by atoms with Crippen molar-refractivity contribution in [3.05, 3.63) is 40.9 Å². The van der Waals surface area contributed by atoms with Gasteiger partial charge in [0.05, 0.1) is 0 Å². The number of hydrogen-bond acceptors (Lipinski definition) is 7. The van der Waals surface area contributed by atoms with E-state index < -0.39 is 52.0 Å². The van der Waals surface area contributed by atoms with E-state index in [0.29, 0.717) is 61.7 Å². The van der Waals surface area contributed by atoms with Gasteiger partial charge in [-0.05, 0) is 62.0 Å². The Labute approximate surface area is 237 Å². The van der Waals surface area contributed by atoms with Crippen molar-refractivity contribution < 1.29 is 53.7 Å². The molecule has 4 rings (SSSR count). The average Bonchev–Trinajstić information content (AvgIpc) is 2.86. The summed E-state index contributed by atoms with van der Waals surface area (Å²) in [5, 5.41) is 5.70. The smallest absolute Gasteiger partial charge is 0.422 e. The Morgan fingerprint density at radius 3 is 2.27 bits per heavy atom. The number of nitrogens with two attached hydrogens (primary N) is 1. The van der Waals surface area contributed by atoms with Gasteiger partial charge >= 0.3 is 12.4 Å². The highest BCUT2D eigenvalue weighted by Gasteiger charge is 2.33. The number of ether oxygens (including phenoxy) is 4. The summed E-state index contributed by atoms with van der Waals surface area (Å²) in [5.74, 6) is -0.181. The lowest BCUT2D eigenvalue weighted by atomic mass is 9.89. The van der Waals surface area contributed by atoms with E-state index in [1.165, 1.54) is 0 Å². The molecule has 1 unspecified atom stereocenters. The van der Waals surface area contributed by atoms with Crippen LogP contribution in [0.3, 0.4) is 0 Å².